The van der Waals surface area contributed by atoms with Gasteiger partial charge in [0.25, 0.3) is 0 Å². The average Bonchev–Trinajstić information content (AvgIpc) is 2.01. The molecular weight excluding hydrogens is 129 g/mol. The molecule has 0 aliphatic carbocycles. The normalized spacial score (nSPS) is 14.6. The van der Waals surface area contributed by atoms with Gasteiger partial charge in [0, 0.05) is 5.56 Å². The Hall–Kier alpha value is -1.31. The molecule has 1 aromatic carbocycles. The van der Waals surface area contributed by atoms with Crippen molar-refractivity contribution in [3.05, 3.63) is 29.8 Å². The summed E-state index contributed by atoms with van der Waals surface area (Å²) in [5.74, 6) is 0.171. The van der Waals surface area contributed by atoms with E-state index in [0.29, 0.717) is 11.8 Å². The second-order valence-corrected chi connectivity index (χ2v) is 1.79. The van der Waals surface area contributed by atoms with Crippen LogP contribution in [0, 0.1) is 0 Å². The van der Waals surface area contributed by atoms with Gasteiger partial charge in [0.05, 0.1) is 11.2 Å². The summed E-state index contributed by atoms with van der Waals surface area (Å²) >= 11 is 0. The van der Waals surface area contributed by atoms with E-state index in [1.807, 2.05) is 0 Å². The van der Waals surface area contributed by atoms with Gasteiger partial charge in [0.2, 0.25) is 0 Å². The van der Waals surface area contributed by atoms with Gasteiger partial charge in [-0.3, -0.25) is 4.79 Å². The van der Waals surface area contributed by atoms with Crippen LogP contribution in [0.15, 0.2) is 24.3 Å². The fourth-order valence-electron chi connectivity index (χ4n) is 0.651. The van der Waals surface area contributed by atoms with E-state index in [1.165, 1.54) is 12.1 Å². The number of rotatable bonds is 2. The summed E-state index contributed by atoms with van der Waals surface area (Å²) in [5, 5.41) is 0. The smallest absolute Gasteiger partial charge is 0.150 e. The zero-order chi connectivity index (χ0) is 9.90. The fourth-order valence-corrected chi connectivity index (χ4v) is 0.651. The standard InChI is InChI=1S/C8H8O2/c1-10-8-4-2-3-7(5-8)6-9/h2-6H,1H3/i1+1D3. The molecule has 0 fully saturated rings. The topological polar surface area (TPSA) is 26.3 Å². The van der Waals surface area contributed by atoms with Gasteiger partial charge in [-0.05, 0) is 12.1 Å². The van der Waals surface area contributed by atoms with Gasteiger partial charge in [0.15, 0.2) is 0 Å². The molecule has 0 unspecified atom stereocenters. The van der Waals surface area contributed by atoms with E-state index in [2.05, 4.69) is 4.74 Å². The van der Waals surface area contributed by atoms with Crippen LogP contribution in [0.3, 0.4) is 0 Å². The van der Waals surface area contributed by atoms with Gasteiger partial charge in [-0.2, -0.15) is 0 Å². The van der Waals surface area contributed by atoms with Crippen LogP contribution in [-0.2, 0) is 0 Å². The van der Waals surface area contributed by atoms with Crippen molar-refractivity contribution in [2.24, 2.45) is 0 Å². The molecule has 0 amide bonds. The quantitative estimate of drug-likeness (QED) is 0.459. The molecule has 52 valence electrons. The number of ether oxygens (including phenoxy) is 1. The zero-order valence-electron chi connectivity index (χ0n) is 8.20. The lowest BCUT2D eigenvalue weighted by Crippen LogP contribution is -1.84. The fraction of sp³-hybridized carbons (Fsp3) is 0.125. The second-order valence-electron chi connectivity index (χ2n) is 1.79. The number of hydrogen-bond donors (Lipinski definition) is 0. The molecule has 1 aromatic rings. The highest BCUT2D eigenvalue weighted by molar-refractivity contribution is 5.75. The lowest BCUT2D eigenvalue weighted by Gasteiger charge is -1.97. The third-order valence-electron chi connectivity index (χ3n) is 1.11. The number of carbonyl (C=O) groups is 1. The van der Waals surface area contributed by atoms with Crippen molar-refractivity contribution >= 4 is 6.29 Å². The van der Waals surface area contributed by atoms with Crippen molar-refractivity contribution in [1.82, 2.24) is 0 Å². The first kappa shape index (κ1) is 3.76. The van der Waals surface area contributed by atoms with Crippen LogP contribution in [-0.4, -0.2) is 13.3 Å². The van der Waals surface area contributed by atoms with Crippen LogP contribution < -0.4 is 4.74 Å². The first-order valence-electron chi connectivity index (χ1n) is 4.25. The van der Waals surface area contributed by atoms with Crippen LogP contribution in [0.4, 0.5) is 0 Å². The second kappa shape index (κ2) is 3.01. The molecule has 2 nitrogen and oxygen atoms in total. The summed E-state index contributed by atoms with van der Waals surface area (Å²) in [5.41, 5.74) is 0.391. The average molecular weight is 140 g/mol. The molecule has 0 saturated heterocycles. The zero-order valence-corrected chi connectivity index (χ0v) is 5.20. The number of aldehydes is 1. The Morgan fingerprint density at radius 1 is 1.70 bits per heavy atom. The predicted octanol–water partition coefficient (Wildman–Crippen LogP) is 1.51. The van der Waals surface area contributed by atoms with Crippen molar-refractivity contribution in [2.45, 2.75) is 0 Å². The molecule has 0 aliphatic heterocycles. The lowest BCUT2D eigenvalue weighted by atomic mass is 10.2. The van der Waals surface area contributed by atoms with Crippen molar-refractivity contribution in [3.8, 4) is 5.75 Å². The third-order valence-corrected chi connectivity index (χ3v) is 1.11. The van der Waals surface area contributed by atoms with Gasteiger partial charge in [0.1, 0.15) is 12.0 Å². The molecular formula is C8H8O2. The van der Waals surface area contributed by atoms with Gasteiger partial charge in [-0.15, -0.1) is 0 Å². The Kier molecular flexibility index (Phi) is 1.13. The molecule has 1 rings (SSSR count). The van der Waals surface area contributed by atoms with Gasteiger partial charge < -0.3 is 4.74 Å². The summed E-state index contributed by atoms with van der Waals surface area (Å²) in [7, 11) is -2.47. The maximum absolute atomic E-state index is 10.3. The Labute approximate surface area is 63.7 Å². The summed E-state index contributed by atoms with van der Waals surface area (Å²) < 4.78 is 25.0. The number of hydrogen-bond acceptors (Lipinski definition) is 2. The number of methoxy groups -OCH3 is 1. The summed E-state index contributed by atoms with van der Waals surface area (Å²) in [6.07, 6.45) is 0.631. The molecule has 0 N–H and O–H groups in total. The van der Waals surface area contributed by atoms with Crippen LogP contribution in [0.25, 0.3) is 0 Å². The minimum Gasteiger partial charge on any atom is -0.497 e. The van der Waals surface area contributed by atoms with Crippen molar-refractivity contribution in [2.75, 3.05) is 7.04 Å². The molecule has 0 aliphatic rings. The van der Waals surface area contributed by atoms with Crippen molar-refractivity contribution in [3.63, 3.8) is 0 Å². The monoisotopic (exact) mass is 140 g/mol. The summed E-state index contributed by atoms with van der Waals surface area (Å²) in [6.45, 7) is 0. The van der Waals surface area contributed by atoms with E-state index in [0.717, 1.165) is 0 Å². The highest BCUT2D eigenvalue weighted by Crippen LogP contribution is 2.10. The molecule has 0 bridgehead atoms. The minimum atomic E-state index is -2.47. The molecule has 0 atom stereocenters. The Balaban J connectivity index is 2.84. The first-order chi connectivity index (χ1) is 6.01. The van der Waals surface area contributed by atoms with E-state index in [4.69, 9.17) is 4.11 Å². The van der Waals surface area contributed by atoms with E-state index in [9.17, 15) is 4.79 Å². The molecule has 0 heterocycles. The number of carbonyl (C=O) groups excluding carboxylic acids is 1. The Bertz CT molecular complexity index is 307. The molecule has 0 aromatic heterocycles. The first-order valence-corrected chi connectivity index (χ1v) is 2.75. The molecule has 10 heavy (non-hydrogen) atoms. The molecule has 0 spiro atoms. The highest BCUT2D eigenvalue weighted by Gasteiger charge is 1.90. The Morgan fingerprint density at radius 3 is 3.30 bits per heavy atom. The third kappa shape index (κ3) is 1.35. The largest absolute Gasteiger partial charge is 0.497 e. The molecule has 0 radical (unpaired) electrons. The van der Waals surface area contributed by atoms with E-state index in [1.54, 1.807) is 12.1 Å². The van der Waals surface area contributed by atoms with Crippen molar-refractivity contribution in [1.29, 1.82) is 0 Å². The van der Waals surface area contributed by atoms with Crippen molar-refractivity contribution < 1.29 is 13.6 Å². The lowest BCUT2D eigenvalue weighted by molar-refractivity contribution is 0.112. The van der Waals surface area contributed by atoms with E-state index in [-0.39, 0.29) is 5.75 Å². The van der Waals surface area contributed by atoms with Gasteiger partial charge in [-0.1, -0.05) is 12.1 Å². The Morgan fingerprint density at radius 2 is 2.60 bits per heavy atom. The number of benzene rings is 1. The SMILES string of the molecule is [2H][13C]([2H])([2H])Oc1cccc(C=O)c1. The molecule has 2 heteroatoms. The van der Waals surface area contributed by atoms with E-state index >= 15 is 0 Å². The summed E-state index contributed by atoms with van der Waals surface area (Å²) in [6, 6.07) is 5.99. The van der Waals surface area contributed by atoms with Crippen LogP contribution in [0.5, 0.6) is 5.75 Å². The molecule has 0 saturated carbocycles. The van der Waals surface area contributed by atoms with Crippen LogP contribution >= 0.6 is 0 Å². The van der Waals surface area contributed by atoms with Gasteiger partial charge >= 0.3 is 0 Å². The minimum absolute atomic E-state index is 0.171. The van der Waals surface area contributed by atoms with E-state index < -0.39 is 7.04 Å². The maximum atomic E-state index is 10.3. The van der Waals surface area contributed by atoms with Gasteiger partial charge in [-0.25, -0.2) is 0 Å². The highest BCUT2D eigenvalue weighted by atomic mass is 16.5. The maximum Gasteiger partial charge on any atom is 0.150 e. The summed E-state index contributed by atoms with van der Waals surface area (Å²) in [4.78, 5) is 10.3. The van der Waals surface area contributed by atoms with Crippen LogP contribution in [0.1, 0.15) is 14.5 Å². The van der Waals surface area contributed by atoms with Crippen LogP contribution in [0.2, 0.25) is 0 Å². The predicted molar refractivity (Wildman–Crippen MR) is 38.4 cm³/mol.